The van der Waals surface area contributed by atoms with Gasteiger partial charge in [-0.15, -0.1) is 0 Å². The molecule has 2 aromatic carbocycles. The molecule has 0 aliphatic rings. The third-order valence-electron chi connectivity index (χ3n) is 2.30. The Morgan fingerprint density at radius 2 is 1.71 bits per heavy atom. The van der Waals surface area contributed by atoms with Gasteiger partial charge in [-0.25, -0.2) is 8.78 Å². The molecule has 0 amide bonds. The van der Waals surface area contributed by atoms with Gasteiger partial charge in [-0.3, -0.25) is 0 Å². The Morgan fingerprint density at radius 3 is 2.29 bits per heavy atom. The summed E-state index contributed by atoms with van der Waals surface area (Å²) in [6, 6.07) is 10.4. The number of methoxy groups -OCH3 is 1. The van der Waals surface area contributed by atoms with Gasteiger partial charge in [0.25, 0.3) is 0 Å². The molecule has 0 aliphatic heterocycles. The molecule has 1 N–H and O–H groups in total. The predicted octanol–water partition coefficient (Wildman–Crippen LogP) is 3.72. The summed E-state index contributed by atoms with van der Waals surface area (Å²) in [5.41, 5.74) is 0.938. The first kappa shape index (κ1) is 11.4. The van der Waals surface area contributed by atoms with Gasteiger partial charge in [0, 0.05) is 11.8 Å². The highest BCUT2D eigenvalue weighted by Crippen LogP contribution is 2.22. The van der Waals surface area contributed by atoms with E-state index in [4.69, 9.17) is 4.74 Å². The van der Waals surface area contributed by atoms with Crippen molar-refractivity contribution in [3.8, 4) is 5.75 Å². The summed E-state index contributed by atoms with van der Waals surface area (Å²) >= 11 is 0. The molecule has 0 heterocycles. The third kappa shape index (κ3) is 2.72. The number of anilines is 2. The normalized spacial score (nSPS) is 10.1. The summed E-state index contributed by atoms with van der Waals surface area (Å²) < 4.78 is 31.1. The molecule has 0 radical (unpaired) electrons. The first-order valence-electron chi connectivity index (χ1n) is 5.05. The van der Waals surface area contributed by atoms with E-state index in [0.717, 1.165) is 11.8 Å². The summed E-state index contributed by atoms with van der Waals surface area (Å²) in [6.07, 6.45) is 0. The maximum Gasteiger partial charge on any atom is 0.149 e. The number of hydrogen-bond acceptors (Lipinski definition) is 2. The van der Waals surface area contributed by atoms with E-state index in [1.807, 2.05) is 0 Å². The molecule has 4 heteroatoms. The van der Waals surface area contributed by atoms with E-state index >= 15 is 0 Å². The molecule has 0 aromatic heterocycles. The highest BCUT2D eigenvalue weighted by molar-refractivity contribution is 5.60. The van der Waals surface area contributed by atoms with Crippen molar-refractivity contribution in [2.24, 2.45) is 0 Å². The first-order chi connectivity index (χ1) is 8.19. The average molecular weight is 235 g/mol. The molecular weight excluding hydrogens is 224 g/mol. The number of rotatable bonds is 3. The quantitative estimate of drug-likeness (QED) is 0.875. The predicted molar refractivity (Wildman–Crippen MR) is 62.6 cm³/mol. The molecule has 2 aromatic rings. The minimum absolute atomic E-state index is 0.233. The summed E-state index contributed by atoms with van der Waals surface area (Å²) in [6.45, 7) is 0. The lowest BCUT2D eigenvalue weighted by Crippen LogP contribution is -1.94. The molecule has 88 valence electrons. The molecular formula is C13H11F2NO. The number of nitrogens with one attached hydrogen (secondary N) is 1. The van der Waals surface area contributed by atoms with Gasteiger partial charge < -0.3 is 10.1 Å². The first-order valence-corrected chi connectivity index (χ1v) is 5.05. The van der Waals surface area contributed by atoms with Gasteiger partial charge in [0.1, 0.15) is 17.4 Å². The zero-order valence-electron chi connectivity index (χ0n) is 9.21. The van der Waals surface area contributed by atoms with Crippen LogP contribution >= 0.6 is 0 Å². The lowest BCUT2D eigenvalue weighted by molar-refractivity contribution is 0.415. The zero-order valence-corrected chi connectivity index (χ0v) is 9.21. The van der Waals surface area contributed by atoms with Crippen LogP contribution in [0.5, 0.6) is 5.75 Å². The van der Waals surface area contributed by atoms with Gasteiger partial charge >= 0.3 is 0 Å². The summed E-state index contributed by atoms with van der Waals surface area (Å²) in [5, 5.41) is 2.85. The summed E-state index contributed by atoms with van der Waals surface area (Å²) in [5.74, 6) is -0.501. The molecule has 0 spiro atoms. The maximum atomic E-state index is 13.4. The SMILES string of the molecule is COc1ccc(Nc2ccc(F)cc2F)cc1. The Kier molecular flexibility index (Phi) is 3.23. The largest absolute Gasteiger partial charge is 0.497 e. The minimum Gasteiger partial charge on any atom is -0.497 e. The minimum atomic E-state index is -0.624. The smallest absolute Gasteiger partial charge is 0.149 e. The fourth-order valence-electron chi connectivity index (χ4n) is 1.42. The van der Waals surface area contributed by atoms with Gasteiger partial charge in [-0.1, -0.05) is 0 Å². The van der Waals surface area contributed by atoms with Crippen LogP contribution in [0.4, 0.5) is 20.2 Å². The average Bonchev–Trinajstić information content (AvgIpc) is 2.34. The standard InChI is InChI=1S/C13H11F2NO/c1-17-11-5-3-10(4-6-11)16-13-7-2-9(14)8-12(13)15/h2-8,16H,1H3. The number of ether oxygens (including phenoxy) is 1. The summed E-state index contributed by atoms with van der Waals surface area (Å²) in [7, 11) is 1.57. The van der Waals surface area contributed by atoms with Crippen molar-refractivity contribution in [3.05, 3.63) is 54.1 Å². The van der Waals surface area contributed by atoms with E-state index in [2.05, 4.69) is 5.32 Å². The molecule has 17 heavy (non-hydrogen) atoms. The second kappa shape index (κ2) is 4.82. The van der Waals surface area contributed by atoms with E-state index in [-0.39, 0.29) is 5.69 Å². The Labute approximate surface area is 97.8 Å². The van der Waals surface area contributed by atoms with E-state index in [0.29, 0.717) is 5.69 Å². The van der Waals surface area contributed by atoms with E-state index in [9.17, 15) is 8.78 Å². The van der Waals surface area contributed by atoms with Crippen molar-refractivity contribution in [2.45, 2.75) is 0 Å². The maximum absolute atomic E-state index is 13.4. The number of hydrogen-bond donors (Lipinski definition) is 1. The lowest BCUT2D eigenvalue weighted by atomic mass is 10.2. The van der Waals surface area contributed by atoms with Gasteiger partial charge in [0.2, 0.25) is 0 Å². The van der Waals surface area contributed by atoms with Crippen molar-refractivity contribution in [1.29, 1.82) is 0 Å². The molecule has 0 unspecified atom stereocenters. The fraction of sp³-hybridized carbons (Fsp3) is 0.0769. The molecule has 0 bridgehead atoms. The van der Waals surface area contributed by atoms with Crippen molar-refractivity contribution in [2.75, 3.05) is 12.4 Å². The lowest BCUT2D eigenvalue weighted by Gasteiger charge is -2.08. The highest BCUT2D eigenvalue weighted by atomic mass is 19.1. The van der Waals surface area contributed by atoms with E-state index in [1.165, 1.54) is 12.1 Å². The monoisotopic (exact) mass is 235 g/mol. The Bertz CT molecular complexity index is 511. The van der Waals surface area contributed by atoms with Crippen LogP contribution in [0, 0.1) is 11.6 Å². The molecule has 0 saturated carbocycles. The van der Waals surface area contributed by atoms with Crippen LogP contribution < -0.4 is 10.1 Å². The van der Waals surface area contributed by atoms with Crippen LogP contribution in [0.15, 0.2) is 42.5 Å². The van der Waals surface area contributed by atoms with Gasteiger partial charge in [-0.2, -0.15) is 0 Å². The zero-order chi connectivity index (χ0) is 12.3. The topological polar surface area (TPSA) is 21.3 Å². The fourth-order valence-corrected chi connectivity index (χ4v) is 1.42. The van der Waals surface area contributed by atoms with Crippen LogP contribution in [0.2, 0.25) is 0 Å². The highest BCUT2D eigenvalue weighted by Gasteiger charge is 2.03. The third-order valence-corrected chi connectivity index (χ3v) is 2.30. The van der Waals surface area contributed by atoms with Crippen LogP contribution in [-0.4, -0.2) is 7.11 Å². The van der Waals surface area contributed by atoms with Crippen LogP contribution in [0.1, 0.15) is 0 Å². The number of benzene rings is 2. The van der Waals surface area contributed by atoms with Crippen molar-refractivity contribution < 1.29 is 13.5 Å². The van der Waals surface area contributed by atoms with Crippen molar-refractivity contribution in [1.82, 2.24) is 0 Å². The van der Waals surface area contributed by atoms with Gasteiger partial charge in [-0.05, 0) is 36.4 Å². The molecule has 2 nitrogen and oxygen atoms in total. The van der Waals surface area contributed by atoms with Crippen molar-refractivity contribution in [3.63, 3.8) is 0 Å². The number of halogens is 2. The van der Waals surface area contributed by atoms with E-state index in [1.54, 1.807) is 31.4 Å². The van der Waals surface area contributed by atoms with E-state index < -0.39 is 11.6 Å². The molecule has 0 aliphatic carbocycles. The van der Waals surface area contributed by atoms with Crippen LogP contribution in [0.3, 0.4) is 0 Å². The Morgan fingerprint density at radius 1 is 1.00 bits per heavy atom. The van der Waals surface area contributed by atoms with Gasteiger partial charge in [0.15, 0.2) is 0 Å². The second-order valence-electron chi connectivity index (χ2n) is 3.48. The molecule has 2 rings (SSSR count). The van der Waals surface area contributed by atoms with Crippen LogP contribution in [-0.2, 0) is 0 Å². The Balaban J connectivity index is 2.19. The van der Waals surface area contributed by atoms with Crippen LogP contribution in [0.25, 0.3) is 0 Å². The van der Waals surface area contributed by atoms with Gasteiger partial charge in [0.05, 0.1) is 12.8 Å². The molecule has 0 fully saturated rings. The van der Waals surface area contributed by atoms with Crippen molar-refractivity contribution >= 4 is 11.4 Å². The Hall–Kier alpha value is -2.10. The molecule has 0 saturated heterocycles. The molecule has 0 atom stereocenters. The second-order valence-corrected chi connectivity index (χ2v) is 3.48. The summed E-state index contributed by atoms with van der Waals surface area (Å²) in [4.78, 5) is 0.